The summed E-state index contributed by atoms with van der Waals surface area (Å²) >= 11 is 0. The molecule has 122 valence electrons. The van der Waals surface area contributed by atoms with Crippen molar-refractivity contribution in [1.82, 2.24) is 4.90 Å². The fourth-order valence-corrected chi connectivity index (χ4v) is 2.86. The molecule has 1 aliphatic heterocycles. The third-order valence-electron chi connectivity index (χ3n) is 4.26. The van der Waals surface area contributed by atoms with Crippen LogP contribution >= 0.6 is 0 Å². The average Bonchev–Trinajstić information content (AvgIpc) is 2.64. The molecule has 1 aliphatic rings. The molecule has 0 aromatic heterocycles. The molecule has 0 radical (unpaired) electrons. The van der Waals surface area contributed by atoms with Crippen LogP contribution in [0.25, 0.3) is 0 Å². The molecule has 1 atom stereocenters. The molecule has 2 aromatic carbocycles. The molecule has 2 aromatic rings. The fraction of sp³-hybridized carbons (Fsp3) is 0.350. The van der Waals surface area contributed by atoms with Crippen LogP contribution in [0, 0.1) is 0 Å². The van der Waals surface area contributed by atoms with E-state index in [0.717, 1.165) is 37.8 Å². The Bertz CT molecular complexity index is 561. The summed E-state index contributed by atoms with van der Waals surface area (Å²) in [4.78, 5) is 12.1. The molecule has 3 heteroatoms. The molecule has 0 aliphatic carbocycles. The van der Waals surface area contributed by atoms with E-state index in [0.29, 0.717) is 5.92 Å². The second-order valence-electron chi connectivity index (χ2n) is 5.88. The minimum Gasteiger partial charge on any atom is -0.379 e. The van der Waals surface area contributed by atoms with E-state index in [-0.39, 0.29) is 6.23 Å². The van der Waals surface area contributed by atoms with Gasteiger partial charge in [0, 0.05) is 18.7 Å². The smallest absolute Gasteiger partial charge is 0.150 e. The van der Waals surface area contributed by atoms with E-state index in [1.165, 1.54) is 5.56 Å². The van der Waals surface area contributed by atoms with E-state index in [4.69, 9.17) is 0 Å². The number of aldehydes is 1. The van der Waals surface area contributed by atoms with E-state index in [1.54, 1.807) is 12.1 Å². The summed E-state index contributed by atoms with van der Waals surface area (Å²) < 4.78 is 0. The summed E-state index contributed by atoms with van der Waals surface area (Å²) in [5.74, 6) is 0.682. The third kappa shape index (κ3) is 5.62. The maximum absolute atomic E-state index is 10.0. The van der Waals surface area contributed by atoms with Gasteiger partial charge in [-0.3, -0.25) is 9.69 Å². The Morgan fingerprint density at radius 1 is 1.00 bits per heavy atom. The van der Waals surface area contributed by atoms with Crippen molar-refractivity contribution in [3.05, 3.63) is 71.8 Å². The van der Waals surface area contributed by atoms with Gasteiger partial charge in [-0.1, -0.05) is 60.7 Å². The van der Waals surface area contributed by atoms with Crippen LogP contribution in [-0.4, -0.2) is 35.6 Å². The molecule has 0 amide bonds. The summed E-state index contributed by atoms with van der Waals surface area (Å²) in [6.07, 6.45) is 2.87. The zero-order valence-corrected chi connectivity index (χ0v) is 13.6. The number of carbonyl (C=O) groups is 1. The summed E-state index contributed by atoms with van der Waals surface area (Å²) in [6.45, 7) is 3.87. The Labute approximate surface area is 138 Å². The predicted octanol–water partition coefficient (Wildman–Crippen LogP) is 3.70. The predicted molar refractivity (Wildman–Crippen MR) is 93.5 cm³/mol. The van der Waals surface area contributed by atoms with Crippen molar-refractivity contribution in [3.8, 4) is 0 Å². The van der Waals surface area contributed by atoms with Crippen LogP contribution in [0.15, 0.2) is 60.7 Å². The maximum atomic E-state index is 10.0. The van der Waals surface area contributed by atoms with Crippen LogP contribution < -0.4 is 0 Å². The number of nitrogens with zero attached hydrogens (tertiary/aromatic N) is 1. The highest BCUT2D eigenvalue weighted by molar-refractivity contribution is 5.74. The number of rotatable bonds is 3. The Kier molecular flexibility index (Phi) is 6.98. The van der Waals surface area contributed by atoms with E-state index in [9.17, 15) is 9.90 Å². The van der Waals surface area contributed by atoms with E-state index < -0.39 is 0 Å². The molecule has 3 nitrogen and oxygen atoms in total. The Balaban J connectivity index is 0.000000203. The first-order chi connectivity index (χ1) is 11.2. The first-order valence-electron chi connectivity index (χ1n) is 8.18. The summed E-state index contributed by atoms with van der Waals surface area (Å²) in [5.41, 5.74) is 2.18. The Morgan fingerprint density at radius 3 is 1.96 bits per heavy atom. The van der Waals surface area contributed by atoms with Crippen molar-refractivity contribution in [2.75, 3.05) is 13.1 Å². The van der Waals surface area contributed by atoms with E-state index >= 15 is 0 Å². The summed E-state index contributed by atoms with van der Waals surface area (Å²) in [6, 6.07) is 19.8. The summed E-state index contributed by atoms with van der Waals surface area (Å²) in [5, 5.41) is 9.46. The van der Waals surface area contributed by atoms with Crippen molar-refractivity contribution in [1.29, 1.82) is 0 Å². The van der Waals surface area contributed by atoms with Gasteiger partial charge in [0.2, 0.25) is 0 Å². The molecule has 0 saturated carbocycles. The maximum Gasteiger partial charge on any atom is 0.150 e. The lowest BCUT2D eigenvalue weighted by Crippen LogP contribution is -2.39. The van der Waals surface area contributed by atoms with Gasteiger partial charge in [0.05, 0.1) is 0 Å². The fourth-order valence-electron chi connectivity index (χ4n) is 2.86. The van der Waals surface area contributed by atoms with Crippen molar-refractivity contribution in [3.63, 3.8) is 0 Å². The van der Waals surface area contributed by atoms with Gasteiger partial charge >= 0.3 is 0 Å². The number of hydrogen-bond donors (Lipinski definition) is 1. The number of piperidine rings is 1. The number of aliphatic hydroxyl groups excluding tert-OH is 1. The first-order valence-corrected chi connectivity index (χ1v) is 8.18. The first kappa shape index (κ1) is 17.4. The van der Waals surface area contributed by atoms with E-state index in [2.05, 4.69) is 35.2 Å². The van der Waals surface area contributed by atoms with Gasteiger partial charge in [0.1, 0.15) is 12.5 Å². The normalized spacial score (nSPS) is 17.0. The van der Waals surface area contributed by atoms with Gasteiger partial charge < -0.3 is 5.11 Å². The van der Waals surface area contributed by atoms with Gasteiger partial charge in [0.15, 0.2) is 0 Å². The van der Waals surface area contributed by atoms with Gasteiger partial charge in [0.25, 0.3) is 0 Å². The van der Waals surface area contributed by atoms with Gasteiger partial charge in [-0.15, -0.1) is 0 Å². The summed E-state index contributed by atoms with van der Waals surface area (Å²) in [7, 11) is 0. The highest BCUT2D eigenvalue weighted by Crippen LogP contribution is 2.28. The highest BCUT2D eigenvalue weighted by atomic mass is 16.3. The second kappa shape index (κ2) is 9.23. The quantitative estimate of drug-likeness (QED) is 0.879. The number of likely N-dealkylation sites (tertiary alicyclic amines) is 1. The van der Waals surface area contributed by atoms with Crippen molar-refractivity contribution >= 4 is 6.29 Å². The van der Waals surface area contributed by atoms with Crippen LogP contribution in [0.3, 0.4) is 0 Å². The molecule has 1 heterocycles. The number of hydrogen-bond acceptors (Lipinski definition) is 3. The van der Waals surface area contributed by atoms with Crippen molar-refractivity contribution in [2.24, 2.45) is 0 Å². The monoisotopic (exact) mass is 311 g/mol. The van der Waals surface area contributed by atoms with Gasteiger partial charge in [-0.05, 0) is 31.2 Å². The van der Waals surface area contributed by atoms with Crippen LogP contribution in [0.1, 0.15) is 41.6 Å². The third-order valence-corrected chi connectivity index (χ3v) is 4.26. The molecule has 23 heavy (non-hydrogen) atoms. The molecular weight excluding hydrogens is 286 g/mol. The lowest BCUT2D eigenvalue weighted by Gasteiger charge is -2.33. The molecule has 1 unspecified atom stereocenters. The minimum atomic E-state index is -0.290. The number of benzene rings is 2. The Hall–Kier alpha value is -1.97. The van der Waals surface area contributed by atoms with Crippen LogP contribution in [0.2, 0.25) is 0 Å². The average molecular weight is 311 g/mol. The topological polar surface area (TPSA) is 40.5 Å². The van der Waals surface area contributed by atoms with E-state index in [1.807, 2.05) is 25.1 Å². The Morgan fingerprint density at radius 2 is 1.52 bits per heavy atom. The van der Waals surface area contributed by atoms with Crippen LogP contribution in [0.4, 0.5) is 0 Å². The lowest BCUT2D eigenvalue weighted by atomic mass is 9.89. The van der Waals surface area contributed by atoms with Crippen molar-refractivity contribution < 1.29 is 9.90 Å². The molecule has 3 rings (SSSR count). The largest absolute Gasteiger partial charge is 0.379 e. The second-order valence-corrected chi connectivity index (χ2v) is 5.88. The highest BCUT2D eigenvalue weighted by Gasteiger charge is 2.22. The van der Waals surface area contributed by atoms with Crippen LogP contribution in [0.5, 0.6) is 0 Å². The zero-order chi connectivity index (χ0) is 16.5. The molecule has 1 fully saturated rings. The molecule has 1 saturated heterocycles. The lowest BCUT2D eigenvalue weighted by molar-refractivity contribution is 0.00305. The zero-order valence-electron chi connectivity index (χ0n) is 13.6. The molecule has 0 bridgehead atoms. The molecule has 1 N–H and O–H groups in total. The van der Waals surface area contributed by atoms with Crippen LogP contribution in [-0.2, 0) is 0 Å². The van der Waals surface area contributed by atoms with Gasteiger partial charge in [-0.2, -0.15) is 0 Å². The minimum absolute atomic E-state index is 0.290. The standard InChI is InChI=1S/C13H19NO.C7H6O/c1-11(15)14-9-7-13(8-10-14)12-5-3-2-4-6-12;8-6-7-4-2-1-3-5-7/h2-6,11,13,15H,7-10H2,1H3;1-6H. The molecular formula is C20H25NO2. The van der Waals surface area contributed by atoms with Crippen molar-refractivity contribution in [2.45, 2.75) is 31.9 Å². The number of carbonyl (C=O) groups excluding carboxylic acids is 1. The van der Waals surface area contributed by atoms with Gasteiger partial charge in [-0.25, -0.2) is 0 Å². The number of aliphatic hydroxyl groups is 1. The molecule has 0 spiro atoms. The SMILES string of the molecule is CC(O)N1CCC(c2ccccc2)CC1.O=Cc1ccccc1.